The van der Waals surface area contributed by atoms with E-state index in [0.29, 0.717) is 22.9 Å². The summed E-state index contributed by atoms with van der Waals surface area (Å²) in [6.07, 6.45) is 1.43. The van der Waals surface area contributed by atoms with Crippen LogP contribution < -0.4 is 9.64 Å². The molecule has 1 saturated heterocycles. The summed E-state index contributed by atoms with van der Waals surface area (Å²) in [6, 6.07) is 12.8. The van der Waals surface area contributed by atoms with Crippen LogP contribution >= 0.6 is 11.6 Å². The standard InChI is InChI=1S/C23H25ClN2O5/c1-3-10-25-23-26(19-7-5-4-6-15(19)2)22(29)21(31-23)12-16-8-9-20(18(24)11-16)30-14-17(28)13-27/h4-9,11-12,17,27-28H,3,10,13-14H2,1-2H3/b21-12-,25-23-/t17-/m0/s1. The molecule has 0 aromatic heterocycles. The summed E-state index contributed by atoms with van der Waals surface area (Å²) in [7, 11) is 0. The first-order valence-corrected chi connectivity index (χ1v) is 10.4. The average Bonchev–Trinajstić information content (AvgIpc) is 3.06. The van der Waals surface area contributed by atoms with E-state index in [1.165, 1.54) is 4.90 Å². The van der Waals surface area contributed by atoms with Gasteiger partial charge in [-0.05, 0) is 48.7 Å². The van der Waals surface area contributed by atoms with Crippen molar-refractivity contribution in [1.82, 2.24) is 0 Å². The SMILES string of the molecule is CCC/N=C1\O/C(=C\c2ccc(OC[C@@H](O)CO)c(Cl)c2)C(=O)N1c1ccccc1C. The Hall–Kier alpha value is -2.87. The predicted molar refractivity (Wildman–Crippen MR) is 120 cm³/mol. The Labute approximate surface area is 186 Å². The molecule has 1 heterocycles. The molecule has 1 fully saturated rings. The lowest BCUT2D eigenvalue weighted by molar-refractivity contribution is -0.114. The molecule has 164 valence electrons. The number of aryl methyl sites for hydroxylation is 1. The number of carbonyl (C=O) groups excluding carboxylic acids is 1. The summed E-state index contributed by atoms with van der Waals surface area (Å²) in [4.78, 5) is 19.1. The molecule has 2 aromatic rings. The lowest BCUT2D eigenvalue weighted by Crippen LogP contribution is -2.30. The molecule has 1 amide bonds. The first kappa shape index (κ1) is 22.8. The number of halogens is 1. The minimum Gasteiger partial charge on any atom is -0.489 e. The second-order valence-electron chi connectivity index (χ2n) is 7.04. The fourth-order valence-corrected chi connectivity index (χ4v) is 3.17. The van der Waals surface area contributed by atoms with Gasteiger partial charge in [-0.2, -0.15) is 0 Å². The summed E-state index contributed by atoms with van der Waals surface area (Å²) >= 11 is 6.26. The minimum atomic E-state index is -0.990. The van der Waals surface area contributed by atoms with Crippen molar-refractivity contribution in [2.24, 2.45) is 4.99 Å². The van der Waals surface area contributed by atoms with Crippen LogP contribution in [0.5, 0.6) is 5.75 Å². The summed E-state index contributed by atoms with van der Waals surface area (Å²) in [5.74, 6) is 0.187. The van der Waals surface area contributed by atoms with Gasteiger partial charge in [0.1, 0.15) is 18.5 Å². The number of amidine groups is 1. The van der Waals surface area contributed by atoms with Gasteiger partial charge < -0.3 is 19.7 Å². The van der Waals surface area contributed by atoms with Crippen LogP contribution in [0.2, 0.25) is 5.02 Å². The summed E-state index contributed by atoms with van der Waals surface area (Å²) in [5, 5.41) is 18.6. The van der Waals surface area contributed by atoms with E-state index in [9.17, 15) is 9.90 Å². The van der Waals surface area contributed by atoms with E-state index in [-0.39, 0.29) is 24.3 Å². The van der Waals surface area contributed by atoms with Crippen molar-refractivity contribution in [2.45, 2.75) is 26.4 Å². The van der Waals surface area contributed by atoms with Crippen molar-refractivity contribution in [3.63, 3.8) is 0 Å². The largest absolute Gasteiger partial charge is 0.489 e. The maximum atomic E-state index is 13.1. The highest BCUT2D eigenvalue weighted by molar-refractivity contribution is 6.32. The lowest BCUT2D eigenvalue weighted by Gasteiger charge is -2.15. The Balaban J connectivity index is 1.88. The fraction of sp³-hybridized carbons (Fsp3) is 0.304. The van der Waals surface area contributed by atoms with E-state index in [1.54, 1.807) is 24.3 Å². The first-order chi connectivity index (χ1) is 14.9. The van der Waals surface area contributed by atoms with E-state index in [1.807, 2.05) is 38.1 Å². The zero-order valence-corrected chi connectivity index (χ0v) is 18.2. The summed E-state index contributed by atoms with van der Waals surface area (Å²) in [5.41, 5.74) is 2.29. The van der Waals surface area contributed by atoms with E-state index in [4.69, 9.17) is 26.2 Å². The van der Waals surface area contributed by atoms with Crippen LogP contribution in [0, 0.1) is 6.92 Å². The maximum Gasteiger partial charge on any atom is 0.305 e. The van der Waals surface area contributed by atoms with E-state index < -0.39 is 12.7 Å². The first-order valence-electron chi connectivity index (χ1n) is 10.00. The zero-order valence-electron chi connectivity index (χ0n) is 17.4. The van der Waals surface area contributed by atoms with Gasteiger partial charge >= 0.3 is 11.9 Å². The predicted octanol–water partition coefficient (Wildman–Crippen LogP) is 3.55. The number of aliphatic hydroxyl groups is 2. The van der Waals surface area contributed by atoms with Crippen LogP contribution in [0.15, 0.2) is 53.2 Å². The summed E-state index contributed by atoms with van der Waals surface area (Å²) in [6.45, 7) is 3.98. The maximum absolute atomic E-state index is 13.1. The number of hydrogen-bond donors (Lipinski definition) is 2. The molecule has 0 radical (unpaired) electrons. The number of carbonyl (C=O) groups is 1. The molecule has 2 aromatic carbocycles. The van der Waals surface area contributed by atoms with Crippen LogP contribution in [-0.2, 0) is 9.53 Å². The molecule has 3 rings (SSSR count). The lowest BCUT2D eigenvalue weighted by atomic mass is 10.1. The van der Waals surface area contributed by atoms with Crippen LogP contribution in [0.1, 0.15) is 24.5 Å². The van der Waals surface area contributed by atoms with Crippen LogP contribution in [0.25, 0.3) is 6.08 Å². The number of ether oxygens (including phenoxy) is 2. The molecule has 2 N–H and O–H groups in total. The Morgan fingerprint density at radius 3 is 2.74 bits per heavy atom. The van der Waals surface area contributed by atoms with Gasteiger partial charge in [0, 0.05) is 6.54 Å². The Morgan fingerprint density at radius 2 is 2.06 bits per heavy atom. The molecule has 0 bridgehead atoms. The molecule has 1 atom stereocenters. The smallest absolute Gasteiger partial charge is 0.305 e. The number of aliphatic hydroxyl groups excluding tert-OH is 2. The van der Waals surface area contributed by atoms with Crippen molar-refractivity contribution in [2.75, 3.05) is 24.7 Å². The molecule has 1 aliphatic rings. The van der Waals surface area contributed by atoms with Gasteiger partial charge in [-0.15, -0.1) is 0 Å². The highest BCUT2D eigenvalue weighted by atomic mass is 35.5. The van der Waals surface area contributed by atoms with Crippen molar-refractivity contribution < 1.29 is 24.5 Å². The normalized spacial score (nSPS) is 17.3. The molecule has 0 spiro atoms. The van der Waals surface area contributed by atoms with Gasteiger partial charge in [0.15, 0.2) is 5.76 Å². The average molecular weight is 445 g/mol. The number of nitrogens with zero attached hydrogens (tertiary/aromatic N) is 2. The topological polar surface area (TPSA) is 91.6 Å². The number of benzene rings is 2. The number of anilines is 1. The molecule has 31 heavy (non-hydrogen) atoms. The third-order valence-electron chi connectivity index (χ3n) is 4.53. The number of rotatable bonds is 8. The minimum absolute atomic E-state index is 0.0824. The van der Waals surface area contributed by atoms with Gasteiger partial charge in [0.2, 0.25) is 0 Å². The number of amides is 1. The van der Waals surface area contributed by atoms with E-state index in [0.717, 1.165) is 17.7 Å². The molecular weight excluding hydrogens is 420 g/mol. The number of aliphatic imine (C=N–C) groups is 1. The van der Waals surface area contributed by atoms with Crippen molar-refractivity contribution in [3.05, 3.63) is 64.4 Å². The van der Waals surface area contributed by atoms with Gasteiger partial charge in [0.25, 0.3) is 0 Å². The second-order valence-corrected chi connectivity index (χ2v) is 7.45. The van der Waals surface area contributed by atoms with Crippen molar-refractivity contribution in [3.8, 4) is 5.75 Å². The Morgan fingerprint density at radius 1 is 1.29 bits per heavy atom. The van der Waals surface area contributed by atoms with E-state index >= 15 is 0 Å². The second kappa shape index (κ2) is 10.4. The monoisotopic (exact) mass is 444 g/mol. The van der Waals surface area contributed by atoms with Gasteiger partial charge in [0.05, 0.1) is 17.3 Å². The van der Waals surface area contributed by atoms with Crippen LogP contribution in [0.3, 0.4) is 0 Å². The van der Waals surface area contributed by atoms with Gasteiger partial charge in [-0.3, -0.25) is 4.79 Å². The molecule has 8 heteroatoms. The van der Waals surface area contributed by atoms with Crippen LogP contribution in [-0.4, -0.2) is 48.0 Å². The van der Waals surface area contributed by atoms with Crippen molar-refractivity contribution in [1.29, 1.82) is 0 Å². The van der Waals surface area contributed by atoms with Crippen LogP contribution in [0.4, 0.5) is 5.69 Å². The Kier molecular flexibility index (Phi) is 7.68. The van der Waals surface area contributed by atoms with Crippen molar-refractivity contribution >= 4 is 35.3 Å². The van der Waals surface area contributed by atoms with Gasteiger partial charge in [-0.1, -0.05) is 42.8 Å². The number of hydrogen-bond acceptors (Lipinski definition) is 6. The molecule has 7 nitrogen and oxygen atoms in total. The third kappa shape index (κ3) is 5.44. The molecule has 0 unspecified atom stereocenters. The molecule has 1 aliphatic heterocycles. The molecule has 0 aliphatic carbocycles. The Bertz CT molecular complexity index is 1010. The highest BCUT2D eigenvalue weighted by Gasteiger charge is 2.36. The third-order valence-corrected chi connectivity index (χ3v) is 4.82. The zero-order chi connectivity index (χ0) is 22.4. The van der Waals surface area contributed by atoms with Gasteiger partial charge in [-0.25, -0.2) is 9.89 Å². The molecular formula is C23H25ClN2O5. The highest BCUT2D eigenvalue weighted by Crippen LogP contribution is 2.31. The fourth-order valence-electron chi connectivity index (χ4n) is 2.93. The van der Waals surface area contributed by atoms with E-state index in [2.05, 4.69) is 4.99 Å². The summed E-state index contributed by atoms with van der Waals surface area (Å²) < 4.78 is 11.2. The number of para-hydroxylation sites is 1. The molecule has 0 saturated carbocycles. The quantitative estimate of drug-likeness (QED) is 0.607.